The minimum atomic E-state index is 0.178. The van der Waals surface area contributed by atoms with Crippen molar-refractivity contribution in [1.82, 2.24) is 5.32 Å². The van der Waals surface area contributed by atoms with Crippen molar-refractivity contribution < 1.29 is 4.79 Å². The average Bonchev–Trinajstić information content (AvgIpc) is 2.49. The number of carbonyl (C=O) groups excluding carboxylic acids is 1. The summed E-state index contributed by atoms with van der Waals surface area (Å²) in [4.78, 5) is 12.0. The van der Waals surface area contributed by atoms with Gasteiger partial charge in [0.15, 0.2) is 0 Å². The molecule has 0 fully saturated rings. The van der Waals surface area contributed by atoms with E-state index in [9.17, 15) is 4.79 Å². The molecule has 0 saturated carbocycles. The summed E-state index contributed by atoms with van der Waals surface area (Å²) in [7, 11) is 0. The van der Waals surface area contributed by atoms with Crippen LogP contribution in [0.15, 0.2) is 30.3 Å². The molecule has 1 N–H and O–H groups in total. The van der Waals surface area contributed by atoms with Gasteiger partial charge in [0.2, 0.25) is 5.91 Å². The molecule has 0 unspecified atom stereocenters. The summed E-state index contributed by atoms with van der Waals surface area (Å²) in [6, 6.07) is 10.5. The molecule has 0 bridgehead atoms. The Balaban J connectivity index is 2.53. The van der Waals surface area contributed by atoms with Crippen LogP contribution in [-0.2, 0) is 4.79 Å². The fraction of sp³-hybridized carbons (Fsp3) is 0.611. The number of unbranched alkanes of at least 4 members (excludes halogenated alkanes) is 4. The molecule has 0 saturated heterocycles. The maximum atomic E-state index is 12.0. The lowest BCUT2D eigenvalue weighted by molar-refractivity contribution is -0.122. The Kier molecular flexibility index (Phi) is 8.77. The lowest BCUT2D eigenvalue weighted by Crippen LogP contribution is -2.28. The van der Waals surface area contributed by atoms with E-state index in [2.05, 4.69) is 31.3 Å². The van der Waals surface area contributed by atoms with Crippen LogP contribution in [-0.4, -0.2) is 5.91 Å². The first-order valence-electron chi connectivity index (χ1n) is 8.12. The first-order valence-corrected chi connectivity index (χ1v) is 8.12. The highest BCUT2D eigenvalue weighted by atomic mass is 16.1. The molecule has 0 aliphatic carbocycles. The van der Waals surface area contributed by atoms with Crippen molar-refractivity contribution >= 4 is 5.91 Å². The van der Waals surface area contributed by atoms with Crippen LogP contribution >= 0.6 is 0 Å². The second-order valence-electron chi connectivity index (χ2n) is 5.48. The molecule has 20 heavy (non-hydrogen) atoms. The van der Waals surface area contributed by atoms with Gasteiger partial charge >= 0.3 is 0 Å². The highest BCUT2D eigenvalue weighted by Gasteiger charge is 2.13. The number of carbonyl (C=O) groups is 1. The molecule has 2 nitrogen and oxygen atoms in total. The summed E-state index contributed by atoms with van der Waals surface area (Å²) in [5.74, 6) is 0.191. The molecular formula is C18H29NO. The minimum Gasteiger partial charge on any atom is -0.349 e. The first kappa shape index (κ1) is 16.7. The molecule has 1 atom stereocenters. The highest BCUT2D eigenvalue weighted by molar-refractivity contribution is 5.76. The van der Waals surface area contributed by atoms with E-state index in [1.807, 2.05) is 18.2 Å². The van der Waals surface area contributed by atoms with Crippen molar-refractivity contribution in [3.05, 3.63) is 35.9 Å². The van der Waals surface area contributed by atoms with Gasteiger partial charge in [0.1, 0.15) is 0 Å². The van der Waals surface area contributed by atoms with E-state index in [-0.39, 0.29) is 11.9 Å². The van der Waals surface area contributed by atoms with Crippen molar-refractivity contribution in [2.45, 2.75) is 71.3 Å². The third-order valence-corrected chi connectivity index (χ3v) is 3.64. The summed E-state index contributed by atoms with van der Waals surface area (Å²) >= 11 is 0. The summed E-state index contributed by atoms with van der Waals surface area (Å²) in [6.45, 7) is 4.34. The molecule has 1 rings (SSSR count). The van der Waals surface area contributed by atoms with Gasteiger partial charge in [0, 0.05) is 6.42 Å². The van der Waals surface area contributed by atoms with Crippen molar-refractivity contribution in [3.63, 3.8) is 0 Å². The molecule has 0 aliphatic rings. The molecule has 1 aromatic carbocycles. The zero-order valence-corrected chi connectivity index (χ0v) is 13.0. The number of rotatable bonds is 10. The van der Waals surface area contributed by atoms with Crippen LogP contribution in [0.4, 0.5) is 0 Å². The summed E-state index contributed by atoms with van der Waals surface area (Å²) < 4.78 is 0. The zero-order chi connectivity index (χ0) is 14.6. The standard InChI is InChI=1S/C18H29NO/c1-3-5-7-11-14-17(16-12-9-8-10-13-16)19-18(20)15-6-4-2/h8-10,12-13,17H,3-7,11,14-15H2,1-2H3,(H,19,20)/t17-/m0/s1. The Bertz CT molecular complexity index is 361. The number of nitrogens with one attached hydrogen (secondary N) is 1. The molecule has 1 aromatic rings. The third kappa shape index (κ3) is 6.74. The van der Waals surface area contributed by atoms with Crippen molar-refractivity contribution in [2.24, 2.45) is 0 Å². The molecule has 0 radical (unpaired) electrons. The molecule has 2 heteroatoms. The Labute approximate surface area is 124 Å². The van der Waals surface area contributed by atoms with Crippen molar-refractivity contribution in [2.75, 3.05) is 0 Å². The Hall–Kier alpha value is -1.31. The largest absolute Gasteiger partial charge is 0.349 e. The normalized spacial score (nSPS) is 12.1. The van der Waals surface area contributed by atoms with Crippen molar-refractivity contribution in [3.8, 4) is 0 Å². The van der Waals surface area contributed by atoms with Crippen LogP contribution in [0.2, 0.25) is 0 Å². The van der Waals surface area contributed by atoms with E-state index in [1.165, 1.54) is 31.2 Å². The van der Waals surface area contributed by atoms with E-state index >= 15 is 0 Å². The third-order valence-electron chi connectivity index (χ3n) is 3.64. The fourth-order valence-corrected chi connectivity index (χ4v) is 2.39. The van der Waals surface area contributed by atoms with Gasteiger partial charge in [0.05, 0.1) is 6.04 Å². The molecule has 112 valence electrons. The predicted molar refractivity (Wildman–Crippen MR) is 85.6 cm³/mol. The van der Waals surface area contributed by atoms with Gasteiger partial charge in [-0.2, -0.15) is 0 Å². The minimum absolute atomic E-state index is 0.178. The number of amides is 1. The van der Waals surface area contributed by atoms with Gasteiger partial charge in [-0.3, -0.25) is 4.79 Å². The van der Waals surface area contributed by atoms with Gasteiger partial charge in [-0.15, -0.1) is 0 Å². The highest BCUT2D eigenvalue weighted by Crippen LogP contribution is 2.20. The smallest absolute Gasteiger partial charge is 0.220 e. The Morgan fingerprint density at radius 1 is 1.00 bits per heavy atom. The lowest BCUT2D eigenvalue weighted by atomic mass is 9.99. The summed E-state index contributed by atoms with van der Waals surface area (Å²) in [5.41, 5.74) is 1.23. The quantitative estimate of drug-likeness (QED) is 0.598. The predicted octanol–water partition coefficient (Wildman–Crippen LogP) is 5.00. The van der Waals surface area contributed by atoms with E-state index in [4.69, 9.17) is 0 Å². The zero-order valence-electron chi connectivity index (χ0n) is 13.0. The van der Waals surface area contributed by atoms with Gasteiger partial charge in [-0.1, -0.05) is 76.3 Å². The summed E-state index contributed by atoms with van der Waals surface area (Å²) in [6.07, 6.45) is 8.70. The number of benzene rings is 1. The average molecular weight is 275 g/mol. The molecule has 0 heterocycles. The Morgan fingerprint density at radius 2 is 1.70 bits per heavy atom. The van der Waals surface area contributed by atoms with Crippen LogP contribution in [0.5, 0.6) is 0 Å². The van der Waals surface area contributed by atoms with Crippen LogP contribution in [0.1, 0.15) is 76.8 Å². The van der Waals surface area contributed by atoms with Crippen LogP contribution < -0.4 is 5.32 Å². The van der Waals surface area contributed by atoms with E-state index < -0.39 is 0 Å². The van der Waals surface area contributed by atoms with Gasteiger partial charge in [-0.05, 0) is 18.4 Å². The summed E-state index contributed by atoms with van der Waals surface area (Å²) in [5, 5.41) is 3.21. The van der Waals surface area contributed by atoms with E-state index in [1.54, 1.807) is 0 Å². The van der Waals surface area contributed by atoms with E-state index in [0.717, 1.165) is 19.3 Å². The van der Waals surface area contributed by atoms with Gasteiger partial charge in [-0.25, -0.2) is 0 Å². The second-order valence-corrected chi connectivity index (χ2v) is 5.48. The molecule has 0 aromatic heterocycles. The second kappa shape index (κ2) is 10.5. The fourth-order valence-electron chi connectivity index (χ4n) is 2.39. The maximum Gasteiger partial charge on any atom is 0.220 e. The monoisotopic (exact) mass is 275 g/mol. The number of hydrogen-bond donors (Lipinski definition) is 1. The first-order chi connectivity index (χ1) is 9.77. The molecular weight excluding hydrogens is 246 g/mol. The van der Waals surface area contributed by atoms with Gasteiger partial charge in [0.25, 0.3) is 0 Å². The molecule has 1 amide bonds. The number of hydrogen-bond acceptors (Lipinski definition) is 1. The molecule has 0 aliphatic heterocycles. The van der Waals surface area contributed by atoms with Crippen LogP contribution in [0.25, 0.3) is 0 Å². The SMILES string of the molecule is CCCCCC[C@H](NC(=O)CCCC)c1ccccc1. The van der Waals surface area contributed by atoms with Crippen molar-refractivity contribution in [1.29, 1.82) is 0 Å². The lowest BCUT2D eigenvalue weighted by Gasteiger charge is -2.19. The topological polar surface area (TPSA) is 29.1 Å². The molecule has 0 spiro atoms. The van der Waals surface area contributed by atoms with E-state index in [0.29, 0.717) is 6.42 Å². The van der Waals surface area contributed by atoms with Crippen LogP contribution in [0.3, 0.4) is 0 Å². The maximum absolute atomic E-state index is 12.0. The van der Waals surface area contributed by atoms with Crippen LogP contribution in [0, 0.1) is 0 Å². The van der Waals surface area contributed by atoms with Gasteiger partial charge < -0.3 is 5.32 Å². The Morgan fingerprint density at radius 3 is 2.35 bits per heavy atom.